The molecule has 0 aromatic carbocycles. The molecule has 3 rings (SSSR count). The first-order valence-electron chi connectivity index (χ1n) is 9.28. The van der Waals surface area contributed by atoms with Crippen molar-refractivity contribution in [2.75, 3.05) is 0 Å². The van der Waals surface area contributed by atoms with Gasteiger partial charge in [0.05, 0.1) is 12.1 Å². The average Bonchev–Trinajstić information content (AvgIpc) is 2.69. The number of hydrogen-bond donors (Lipinski definition) is 2. The van der Waals surface area contributed by atoms with E-state index in [0.29, 0.717) is 5.92 Å². The lowest BCUT2D eigenvalue weighted by molar-refractivity contribution is -0.117. The Morgan fingerprint density at radius 1 is 1.17 bits per heavy atom. The second-order valence-corrected chi connectivity index (χ2v) is 8.17. The number of hydrogen-bond acceptors (Lipinski definition) is 3. The van der Waals surface area contributed by atoms with Crippen LogP contribution in [0.4, 0.5) is 4.79 Å². The van der Waals surface area contributed by atoms with E-state index in [0.717, 1.165) is 25.7 Å². The predicted molar refractivity (Wildman–Crippen MR) is 87.1 cm³/mol. The van der Waals surface area contributed by atoms with Crippen LogP contribution in [-0.2, 0) is 4.74 Å². The van der Waals surface area contributed by atoms with Gasteiger partial charge in [-0.15, -0.1) is 0 Å². The Labute approximate surface area is 139 Å². The topological polar surface area (TPSA) is 70.0 Å². The van der Waals surface area contributed by atoms with Gasteiger partial charge in [0, 0.05) is 0 Å². The summed E-state index contributed by atoms with van der Waals surface area (Å²) in [7, 11) is 0. The van der Waals surface area contributed by atoms with E-state index < -0.39 is 17.9 Å². The van der Waals surface area contributed by atoms with Crippen LogP contribution in [-0.4, -0.2) is 45.2 Å². The molecular weight excluding hydrogens is 294 g/mol. The van der Waals surface area contributed by atoms with Gasteiger partial charge in [-0.3, -0.25) is 4.90 Å². The highest BCUT2D eigenvalue weighted by Crippen LogP contribution is 2.43. The fraction of sp³-hybridized carbons (Fsp3) is 0.944. The molecule has 1 saturated heterocycles. The van der Waals surface area contributed by atoms with Crippen molar-refractivity contribution >= 4 is 6.09 Å². The Bertz CT molecular complexity index is 429. The molecule has 0 spiro atoms. The Morgan fingerprint density at radius 3 is 2.35 bits per heavy atom. The van der Waals surface area contributed by atoms with E-state index in [1.54, 1.807) is 0 Å². The molecule has 1 amide bonds. The normalized spacial score (nSPS) is 33.4. The van der Waals surface area contributed by atoms with E-state index in [4.69, 9.17) is 4.74 Å². The number of aliphatic hydroxyl groups is 1. The largest absolute Gasteiger partial charge is 0.465 e. The quantitative estimate of drug-likeness (QED) is 0.828. The van der Waals surface area contributed by atoms with Crippen LogP contribution in [0.25, 0.3) is 0 Å². The fourth-order valence-electron chi connectivity index (χ4n) is 4.74. The van der Waals surface area contributed by atoms with Gasteiger partial charge < -0.3 is 14.9 Å². The Balaban J connectivity index is 1.78. The molecule has 23 heavy (non-hydrogen) atoms. The van der Waals surface area contributed by atoms with Crippen molar-refractivity contribution in [1.29, 1.82) is 0 Å². The number of nitrogens with zero attached hydrogens (tertiary/aromatic N) is 1. The lowest BCUT2D eigenvalue weighted by atomic mass is 9.76. The van der Waals surface area contributed by atoms with Crippen molar-refractivity contribution in [3.63, 3.8) is 0 Å². The standard InChI is InChI=1S/C18H31NO4/c1-18(2)19(17(21)22)14(11-12-7-4-3-5-8-12)16(23-18)15(20)13-9-6-10-13/h12-16,20H,3-11H2,1-2H3,(H,21,22)/t14-,15+,16+/m0/s1. The average molecular weight is 325 g/mol. The van der Waals surface area contributed by atoms with E-state index in [1.165, 1.54) is 37.0 Å². The second-order valence-electron chi connectivity index (χ2n) is 8.17. The molecule has 5 heteroatoms. The molecule has 0 aromatic heterocycles. The molecule has 0 radical (unpaired) electrons. The third kappa shape index (κ3) is 3.36. The summed E-state index contributed by atoms with van der Waals surface area (Å²) in [5.74, 6) is 0.836. The van der Waals surface area contributed by atoms with Gasteiger partial charge in [-0.05, 0) is 44.9 Å². The van der Waals surface area contributed by atoms with Crippen LogP contribution < -0.4 is 0 Å². The zero-order chi connectivity index (χ0) is 16.6. The maximum absolute atomic E-state index is 11.9. The van der Waals surface area contributed by atoms with Crippen molar-refractivity contribution < 1.29 is 19.7 Å². The van der Waals surface area contributed by atoms with Gasteiger partial charge in [0.1, 0.15) is 11.8 Å². The monoisotopic (exact) mass is 325 g/mol. The minimum absolute atomic E-state index is 0.221. The lowest BCUT2D eigenvalue weighted by Gasteiger charge is -2.37. The van der Waals surface area contributed by atoms with E-state index >= 15 is 0 Å². The van der Waals surface area contributed by atoms with Crippen molar-refractivity contribution in [2.45, 2.75) is 95.6 Å². The van der Waals surface area contributed by atoms with E-state index in [9.17, 15) is 15.0 Å². The third-order valence-corrected chi connectivity index (χ3v) is 6.19. The molecule has 1 heterocycles. The zero-order valence-corrected chi connectivity index (χ0v) is 14.4. The lowest BCUT2D eigenvalue weighted by Crippen LogP contribution is -2.50. The number of rotatable bonds is 4. The van der Waals surface area contributed by atoms with Gasteiger partial charge in [0.2, 0.25) is 0 Å². The first-order valence-corrected chi connectivity index (χ1v) is 9.28. The molecule has 3 fully saturated rings. The third-order valence-electron chi connectivity index (χ3n) is 6.19. The van der Waals surface area contributed by atoms with Crippen LogP contribution in [0.5, 0.6) is 0 Å². The fourth-order valence-corrected chi connectivity index (χ4v) is 4.74. The number of carboxylic acid groups (broad SMARTS) is 1. The van der Waals surface area contributed by atoms with Gasteiger partial charge in [-0.1, -0.05) is 38.5 Å². The summed E-state index contributed by atoms with van der Waals surface area (Å²) in [6.45, 7) is 3.62. The minimum Gasteiger partial charge on any atom is -0.465 e. The van der Waals surface area contributed by atoms with Crippen LogP contribution in [0.2, 0.25) is 0 Å². The summed E-state index contributed by atoms with van der Waals surface area (Å²) in [6, 6.07) is -0.221. The van der Waals surface area contributed by atoms with Crippen LogP contribution in [0.3, 0.4) is 0 Å². The molecule has 0 unspecified atom stereocenters. The molecule has 2 saturated carbocycles. The van der Waals surface area contributed by atoms with Gasteiger partial charge in [0.15, 0.2) is 0 Å². The molecule has 1 aliphatic heterocycles. The van der Waals surface area contributed by atoms with Crippen LogP contribution in [0.15, 0.2) is 0 Å². The number of ether oxygens (including phenoxy) is 1. The highest BCUT2D eigenvalue weighted by molar-refractivity contribution is 5.67. The predicted octanol–water partition coefficient (Wildman–Crippen LogP) is 3.60. The van der Waals surface area contributed by atoms with Crippen molar-refractivity contribution in [2.24, 2.45) is 11.8 Å². The number of amides is 1. The van der Waals surface area contributed by atoms with Gasteiger partial charge in [0.25, 0.3) is 0 Å². The van der Waals surface area contributed by atoms with Crippen LogP contribution in [0.1, 0.15) is 71.6 Å². The Hall–Kier alpha value is -0.810. The summed E-state index contributed by atoms with van der Waals surface area (Å²) < 4.78 is 6.09. The Morgan fingerprint density at radius 2 is 1.83 bits per heavy atom. The smallest absolute Gasteiger partial charge is 0.409 e. The summed E-state index contributed by atoms with van der Waals surface area (Å²) >= 11 is 0. The molecule has 2 aliphatic carbocycles. The second kappa shape index (κ2) is 6.60. The summed E-state index contributed by atoms with van der Waals surface area (Å²) in [6.07, 6.45) is 8.32. The highest BCUT2D eigenvalue weighted by Gasteiger charge is 2.54. The summed E-state index contributed by atoms with van der Waals surface area (Å²) in [5, 5.41) is 20.5. The molecular formula is C18H31NO4. The van der Waals surface area contributed by atoms with Crippen LogP contribution in [0, 0.1) is 11.8 Å². The molecule has 3 aliphatic rings. The van der Waals surface area contributed by atoms with Gasteiger partial charge in [-0.2, -0.15) is 0 Å². The molecule has 3 atom stereocenters. The molecule has 5 nitrogen and oxygen atoms in total. The van der Waals surface area contributed by atoms with Crippen molar-refractivity contribution in [3.8, 4) is 0 Å². The first-order chi connectivity index (χ1) is 10.9. The number of carbonyl (C=O) groups is 1. The summed E-state index contributed by atoms with van der Waals surface area (Å²) in [4.78, 5) is 13.3. The number of aliphatic hydroxyl groups excluding tert-OH is 1. The van der Waals surface area contributed by atoms with Crippen molar-refractivity contribution in [3.05, 3.63) is 0 Å². The SMILES string of the molecule is CC1(C)O[C@@H]([C@H](O)C2CCC2)[C@H](CC2CCCCC2)N1C(=O)O. The molecule has 132 valence electrons. The van der Waals surface area contributed by atoms with Crippen molar-refractivity contribution in [1.82, 2.24) is 4.90 Å². The molecule has 2 N–H and O–H groups in total. The van der Waals surface area contributed by atoms with Crippen LogP contribution >= 0.6 is 0 Å². The Kier molecular flexibility index (Phi) is 4.88. The van der Waals surface area contributed by atoms with E-state index in [1.807, 2.05) is 13.8 Å². The van der Waals surface area contributed by atoms with Gasteiger partial charge >= 0.3 is 6.09 Å². The van der Waals surface area contributed by atoms with E-state index in [-0.39, 0.29) is 18.1 Å². The zero-order valence-electron chi connectivity index (χ0n) is 14.4. The maximum atomic E-state index is 11.9. The summed E-state index contributed by atoms with van der Waals surface area (Å²) in [5.41, 5.74) is -0.861. The molecule has 0 aromatic rings. The maximum Gasteiger partial charge on any atom is 0.409 e. The highest BCUT2D eigenvalue weighted by atomic mass is 16.6. The first kappa shape index (κ1) is 17.0. The molecule has 0 bridgehead atoms. The van der Waals surface area contributed by atoms with E-state index in [2.05, 4.69) is 0 Å². The van der Waals surface area contributed by atoms with Gasteiger partial charge in [-0.25, -0.2) is 4.79 Å². The minimum atomic E-state index is -0.931.